The van der Waals surface area contributed by atoms with Crippen molar-refractivity contribution in [2.24, 2.45) is 7.05 Å². The number of aryl methyl sites for hydroxylation is 4. The van der Waals surface area contributed by atoms with Crippen LogP contribution in [0.15, 0.2) is 35.5 Å². The number of nitrogens with zero attached hydrogens (tertiary/aromatic N) is 3. The van der Waals surface area contributed by atoms with Gasteiger partial charge in [-0.2, -0.15) is 0 Å². The lowest BCUT2D eigenvalue weighted by molar-refractivity contribution is -0.123. The van der Waals surface area contributed by atoms with Crippen LogP contribution >= 0.6 is 34.4 Å². The molecule has 1 heterocycles. The van der Waals surface area contributed by atoms with E-state index in [9.17, 15) is 9.59 Å². The first-order valence-electron chi connectivity index (χ1n) is 10.7. The van der Waals surface area contributed by atoms with Crippen LogP contribution in [0.25, 0.3) is 0 Å². The van der Waals surface area contributed by atoms with E-state index in [-0.39, 0.29) is 30.7 Å². The van der Waals surface area contributed by atoms with Crippen molar-refractivity contribution in [3.8, 4) is 5.75 Å². The van der Waals surface area contributed by atoms with E-state index >= 15 is 0 Å². The fourth-order valence-electron chi connectivity index (χ4n) is 3.43. The van der Waals surface area contributed by atoms with Crippen LogP contribution in [0.5, 0.6) is 5.75 Å². The van der Waals surface area contributed by atoms with E-state index in [0.717, 1.165) is 37.3 Å². The van der Waals surface area contributed by atoms with Crippen molar-refractivity contribution in [3.05, 3.63) is 62.0 Å². The predicted molar refractivity (Wildman–Crippen MR) is 142 cm³/mol. The van der Waals surface area contributed by atoms with Gasteiger partial charge in [-0.25, -0.2) is 0 Å². The third-order valence-electron chi connectivity index (χ3n) is 5.22. The highest BCUT2D eigenvalue weighted by Crippen LogP contribution is 2.24. The Hall–Kier alpha value is -2.60. The van der Waals surface area contributed by atoms with Crippen molar-refractivity contribution in [2.45, 2.75) is 39.4 Å². The quantitative estimate of drug-likeness (QED) is 0.287. The Labute approximate surface area is 217 Å². The summed E-state index contributed by atoms with van der Waals surface area (Å²) in [6.07, 6.45) is 0. The molecule has 3 rings (SSSR count). The number of hydrogen-bond donors (Lipinski definition) is 2. The molecule has 1 aromatic heterocycles. The summed E-state index contributed by atoms with van der Waals surface area (Å²) < 4.78 is 8.59. The number of aromatic nitrogens is 3. The SMILES string of the molecule is Cc1cc(I)cc(C)c1NC(=O)CSc1nnc(CNC(=O)COc2c(C)cccc2C)n1C. The molecule has 0 aliphatic heterocycles. The minimum absolute atomic E-state index is 0.0807. The summed E-state index contributed by atoms with van der Waals surface area (Å²) in [6.45, 7) is 7.99. The Balaban J connectivity index is 1.49. The molecule has 0 aliphatic carbocycles. The lowest BCUT2D eigenvalue weighted by atomic mass is 10.1. The lowest BCUT2D eigenvalue weighted by Gasteiger charge is -2.12. The number of amides is 2. The number of carbonyl (C=O) groups excluding carboxylic acids is 2. The fourth-order valence-corrected chi connectivity index (χ4v) is 5.10. The third kappa shape index (κ3) is 6.72. The van der Waals surface area contributed by atoms with E-state index < -0.39 is 0 Å². The normalized spacial score (nSPS) is 10.8. The molecule has 0 spiro atoms. The average molecular weight is 593 g/mol. The van der Waals surface area contributed by atoms with Crippen LogP contribution in [-0.2, 0) is 23.2 Å². The minimum Gasteiger partial charge on any atom is -0.483 e. The number of nitrogens with one attached hydrogen (secondary N) is 2. The first-order chi connectivity index (χ1) is 16.2. The van der Waals surface area contributed by atoms with Crippen molar-refractivity contribution in [1.29, 1.82) is 0 Å². The number of thioether (sulfide) groups is 1. The van der Waals surface area contributed by atoms with Crippen LogP contribution in [0.4, 0.5) is 5.69 Å². The Bertz CT molecular complexity index is 1170. The monoisotopic (exact) mass is 593 g/mol. The molecular formula is C24H28IN5O3S. The average Bonchev–Trinajstić information content (AvgIpc) is 3.12. The van der Waals surface area contributed by atoms with Gasteiger partial charge in [0.2, 0.25) is 5.91 Å². The van der Waals surface area contributed by atoms with Crippen LogP contribution in [-0.4, -0.2) is 38.9 Å². The number of carbonyl (C=O) groups is 2. The summed E-state index contributed by atoms with van der Waals surface area (Å²) in [5.41, 5.74) is 4.87. The van der Waals surface area contributed by atoms with Crippen LogP contribution in [0.2, 0.25) is 0 Å². The molecular weight excluding hydrogens is 565 g/mol. The maximum Gasteiger partial charge on any atom is 0.258 e. The maximum atomic E-state index is 12.5. The molecule has 34 heavy (non-hydrogen) atoms. The van der Waals surface area contributed by atoms with Gasteiger partial charge in [-0.1, -0.05) is 30.0 Å². The van der Waals surface area contributed by atoms with Crippen LogP contribution in [0, 0.1) is 31.3 Å². The van der Waals surface area contributed by atoms with Crippen LogP contribution < -0.4 is 15.4 Å². The number of benzene rings is 2. The van der Waals surface area contributed by atoms with Crippen molar-refractivity contribution in [3.63, 3.8) is 0 Å². The highest BCUT2D eigenvalue weighted by atomic mass is 127. The number of anilines is 1. The zero-order valence-electron chi connectivity index (χ0n) is 19.9. The Kier molecular flexibility index (Phi) is 8.95. The second-order valence-corrected chi connectivity index (χ2v) is 10.2. The third-order valence-corrected chi connectivity index (χ3v) is 6.86. The smallest absolute Gasteiger partial charge is 0.258 e. The second kappa shape index (κ2) is 11.7. The van der Waals surface area contributed by atoms with E-state index in [0.29, 0.717) is 11.0 Å². The van der Waals surface area contributed by atoms with Crippen molar-refractivity contribution >= 4 is 51.9 Å². The second-order valence-electron chi connectivity index (χ2n) is 8.00. The Morgan fingerprint density at radius 1 is 1.03 bits per heavy atom. The molecule has 2 N–H and O–H groups in total. The van der Waals surface area contributed by atoms with E-state index in [1.165, 1.54) is 11.8 Å². The van der Waals surface area contributed by atoms with Gasteiger partial charge in [-0.05, 0) is 84.7 Å². The van der Waals surface area contributed by atoms with Crippen LogP contribution in [0.3, 0.4) is 0 Å². The summed E-state index contributed by atoms with van der Waals surface area (Å²) in [6, 6.07) is 9.92. The predicted octanol–water partition coefficient (Wildman–Crippen LogP) is 4.08. The van der Waals surface area contributed by atoms with Gasteiger partial charge in [0.15, 0.2) is 17.6 Å². The van der Waals surface area contributed by atoms with Gasteiger partial charge in [0.05, 0.1) is 12.3 Å². The molecule has 8 nitrogen and oxygen atoms in total. The molecule has 0 atom stereocenters. The first-order valence-corrected chi connectivity index (χ1v) is 12.8. The Morgan fingerprint density at radius 2 is 1.68 bits per heavy atom. The molecule has 0 radical (unpaired) electrons. The summed E-state index contributed by atoms with van der Waals surface area (Å²) in [7, 11) is 1.81. The van der Waals surface area contributed by atoms with E-state index in [2.05, 4.69) is 43.4 Å². The summed E-state index contributed by atoms with van der Waals surface area (Å²) >= 11 is 3.56. The van der Waals surface area contributed by atoms with E-state index in [4.69, 9.17) is 4.74 Å². The highest BCUT2D eigenvalue weighted by molar-refractivity contribution is 14.1. The lowest BCUT2D eigenvalue weighted by Crippen LogP contribution is -2.29. The zero-order chi connectivity index (χ0) is 24.8. The first kappa shape index (κ1) is 26.0. The molecule has 0 saturated carbocycles. The standard InChI is InChI=1S/C24H28IN5O3S/c1-14-7-6-8-15(2)23(14)33-12-20(31)26-11-19-28-29-24(30(19)5)34-13-21(32)27-22-16(3)9-18(25)10-17(22)4/h6-10H,11-13H2,1-5H3,(H,26,31)(H,27,32). The highest BCUT2D eigenvalue weighted by Gasteiger charge is 2.14. The fraction of sp³-hybridized carbons (Fsp3) is 0.333. The maximum absolute atomic E-state index is 12.5. The molecule has 0 bridgehead atoms. The minimum atomic E-state index is -0.248. The molecule has 3 aromatic rings. The van der Waals surface area contributed by atoms with E-state index in [1.54, 1.807) is 4.57 Å². The number of halogens is 1. The van der Waals surface area contributed by atoms with Crippen molar-refractivity contribution in [2.75, 3.05) is 17.7 Å². The van der Waals surface area contributed by atoms with Gasteiger partial charge in [-0.3, -0.25) is 9.59 Å². The number of para-hydroxylation sites is 1. The van der Waals surface area contributed by atoms with Gasteiger partial charge >= 0.3 is 0 Å². The molecule has 0 saturated heterocycles. The molecule has 0 aliphatic rings. The summed E-state index contributed by atoms with van der Waals surface area (Å²) in [4.78, 5) is 24.7. The molecule has 180 valence electrons. The molecule has 10 heteroatoms. The van der Waals surface area contributed by atoms with Gasteiger partial charge in [0.1, 0.15) is 5.75 Å². The molecule has 0 unspecified atom stereocenters. The Morgan fingerprint density at radius 3 is 2.32 bits per heavy atom. The van der Waals surface area contributed by atoms with Gasteiger partial charge in [-0.15, -0.1) is 10.2 Å². The van der Waals surface area contributed by atoms with Gasteiger partial charge < -0.3 is 19.9 Å². The van der Waals surface area contributed by atoms with E-state index in [1.807, 2.05) is 65.1 Å². The van der Waals surface area contributed by atoms with Crippen molar-refractivity contribution < 1.29 is 14.3 Å². The van der Waals surface area contributed by atoms with Gasteiger partial charge in [0.25, 0.3) is 5.91 Å². The molecule has 2 amide bonds. The van der Waals surface area contributed by atoms with Gasteiger partial charge in [0, 0.05) is 16.3 Å². The summed E-state index contributed by atoms with van der Waals surface area (Å²) in [5.74, 6) is 1.16. The topological polar surface area (TPSA) is 98.1 Å². The largest absolute Gasteiger partial charge is 0.483 e. The summed E-state index contributed by atoms with van der Waals surface area (Å²) in [5, 5.41) is 14.7. The number of rotatable bonds is 9. The molecule has 0 fully saturated rings. The molecule has 2 aromatic carbocycles. The number of ether oxygens (including phenoxy) is 1. The zero-order valence-corrected chi connectivity index (χ0v) is 22.8. The van der Waals surface area contributed by atoms with Crippen molar-refractivity contribution in [1.82, 2.24) is 20.1 Å². The number of hydrogen-bond acceptors (Lipinski definition) is 6. The van der Waals surface area contributed by atoms with Crippen LogP contribution in [0.1, 0.15) is 28.1 Å².